The molecule has 0 amide bonds. The number of hydrogen-bond acceptors (Lipinski definition) is 3. The van der Waals surface area contributed by atoms with Gasteiger partial charge in [0.25, 0.3) is 0 Å². The first-order valence-electron chi connectivity index (χ1n) is 6.01. The molecule has 94 valence electrons. The Morgan fingerprint density at radius 1 is 1.47 bits per heavy atom. The lowest BCUT2D eigenvalue weighted by Gasteiger charge is -2.22. The molecular formula is C13H18BrNO2. The van der Waals surface area contributed by atoms with Crippen molar-refractivity contribution in [2.75, 3.05) is 19.8 Å². The summed E-state index contributed by atoms with van der Waals surface area (Å²) < 4.78 is 6.42. The van der Waals surface area contributed by atoms with Gasteiger partial charge >= 0.3 is 0 Å². The minimum absolute atomic E-state index is 0.348. The molecule has 1 saturated heterocycles. The quantitative estimate of drug-likeness (QED) is 0.898. The van der Waals surface area contributed by atoms with Gasteiger partial charge in [-0.05, 0) is 37.0 Å². The van der Waals surface area contributed by atoms with Crippen LogP contribution in [0.2, 0.25) is 0 Å². The van der Waals surface area contributed by atoms with Crippen molar-refractivity contribution in [3.05, 3.63) is 28.2 Å². The first kappa shape index (κ1) is 12.9. The molecule has 3 nitrogen and oxygen atoms in total. The number of rotatable bonds is 4. The van der Waals surface area contributed by atoms with E-state index in [-0.39, 0.29) is 0 Å². The van der Waals surface area contributed by atoms with Gasteiger partial charge in [-0.25, -0.2) is 0 Å². The fourth-order valence-corrected chi connectivity index (χ4v) is 2.48. The van der Waals surface area contributed by atoms with E-state index in [1.807, 2.05) is 12.1 Å². The lowest BCUT2D eigenvalue weighted by atomic mass is 10.0. The topological polar surface area (TPSA) is 41.5 Å². The summed E-state index contributed by atoms with van der Waals surface area (Å²) in [5, 5.41) is 13.1. The van der Waals surface area contributed by atoms with Crippen LogP contribution in [-0.2, 0) is 11.3 Å². The van der Waals surface area contributed by atoms with Gasteiger partial charge in [-0.1, -0.05) is 15.9 Å². The third-order valence-corrected chi connectivity index (χ3v) is 3.54. The molecule has 2 rings (SSSR count). The van der Waals surface area contributed by atoms with Crippen molar-refractivity contribution in [2.45, 2.75) is 19.4 Å². The monoisotopic (exact) mass is 299 g/mol. The number of nitrogens with one attached hydrogen (secondary N) is 1. The normalized spacial score (nSPS) is 20.4. The summed E-state index contributed by atoms with van der Waals surface area (Å²) in [5.74, 6) is 0.957. The van der Waals surface area contributed by atoms with Gasteiger partial charge in [-0.15, -0.1) is 0 Å². The van der Waals surface area contributed by atoms with Crippen molar-refractivity contribution in [1.82, 2.24) is 5.32 Å². The van der Waals surface area contributed by atoms with E-state index in [1.165, 1.54) is 6.42 Å². The van der Waals surface area contributed by atoms with Gasteiger partial charge < -0.3 is 15.2 Å². The molecule has 1 atom stereocenters. The van der Waals surface area contributed by atoms with E-state index >= 15 is 0 Å². The maximum Gasteiger partial charge on any atom is 0.120 e. The van der Waals surface area contributed by atoms with Gasteiger partial charge in [0.05, 0.1) is 6.61 Å². The van der Waals surface area contributed by atoms with E-state index in [1.54, 1.807) is 6.07 Å². The Kier molecular flexibility index (Phi) is 4.83. The minimum atomic E-state index is 0.348. The highest BCUT2D eigenvalue weighted by Gasteiger charge is 2.13. The fraction of sp³-hybridized carbons (Fsp3) is 0.538. The van der Waals surface area contributed by atoms with Crippen molar-refractivity contribution in [2.24, 2.45) is 5.92 Å². The van der Waals surface area contributed by atoms with Crippen molar-refractivity contribution in [1.29, 1.82) is 0 Å². The molecule has 1 fully saturated rings. The van der Waals surface area contributed by atoms with Crippen LogP contribution in [0.1, 0.15) is 18.4 Å². The van der Waals surface area contributed by atoms with E-state index in [0.717, 1.165) is 36.2 Å². The first-order valence-corrected chi connectivity index (χ1v) is 6.81. The molecule has 2 N–H and O–H groups in total. The van der Waals surface area contributed by atoms with Crippen molar-refractivity contribution < 1.29 is 9.84 Å². The van der Waals surface area contributed by atoms with Gasteiger partial charge in [-0.2, -0.15) is 0 Å². The average molecular weight is 300 g/mol. The molecule has 1 aliphatic rings. The molecule has 1 aromatic rings. The van der Waals surface area contributed by atoms with Gasteiger partial charge in [0, 0.05) is 29.7 Å². The number of phenolic OH excluding ortho intramolecular Hbond substituents is 1. The van der Waals surface area contributed by atoms with Crippen LogP contribution in [-0.4, -0.2) is 24.9 Å². The van der Waals surface area contributed by atoms with Gasteiger partial charge in [0.15, 0.2) is 0 Å². The SMILES string of the molecule is Oc1ccc(Br)cc1CNCC1CCCOC1. The van der Waals surface area contributed by atoms with Crippen LogP contribution < -0.4 is 5.32 Å². The van der Waals surface area contributed by atoms with Crippen LogP contribution in [0.5, 0.6) is 5.75 Å². The average Bonchev–Trinajstić information content (AvgIpc) is 2.35. The molecule has 17 heavy (non-hydrogen) atoms. The summed E-state index contributed by atoms with van der Waals surface area (Å²) in [6, 6.07) is 5.50. The third kappa shape index (κ3) is 3.98. The Hall–Kier alpha value is -0.580. The van der Waals surface area contributed by atoms with Crippen molar-refractivity contribution in [3.8, 4) is 5.75 Å². The summed E-state index contributed by atoms with van der Waals surface area (Å²) in [4.78, 5) is 0. The number of halogens is 1. The van der Waals surface area contributed by atoms with Gasteiger partial charge in [-0.3, -0.25) is 0 Å². The number of phenols is 1. The number of hydrogen-bond donors (Lipinski definition) is 2. The van der Waals surface area contributed by atoms with Crippen LogP contribution in [0, 0.1) is 5.92 Å². The maximum atomic E-state index is 9.69. The zero-order valence-corrected chi connectivity index (χ0v) is 11.4. The zero-order valence-electron chi connectivity index (χ0n) is 9.79. The second-order valence-electron chi connectivity index (χ2n) is 4.49. The molecule has 1 aliphatic heterocycles. The smallest absolute Gasteiger partial charge is 0.120 e. The highest BCUT2D eigenvalue weighted by Crippen LogP contribution is 2.21. The highest BCUT2D eigenvalue weighted by atomic mass is 79.9. The van der Waals surface area contributed by atoms with E-state index in [2.05, 4.69) is 21.2 Å². The number of aromatic hydroxyl groups is 1. The predicted molar refractivity (Wildman–Crippen MR) is 71.1 cm³/mol. The molecule has 0 aromatic heterocycles. The van der Waals surface area contributed by atoms with Gasteiger partial charge in [0.1, 0.15) is 5.75 Å². The Morgan fingerprint density at radius 2 is 2.35 bits per heavy atom. The van der Waals surface area contributed by atoms with Crippen LogP contribution in [0.15, 0.2) is 22.7 Å². The van der Waals surface area contributed by atoms with E-state index in [0.29, 0.717) is 18.2 Å². The van der Waals surface area contributed by atoms with Gasteiger partial charge in [0.2, 0.25) is 0 Å². The number of ether oxygens (including phenoxy) is 1. The van der Waals surface area contributed by atoms with Crippen LogP contribution in [0.3, 0.4) is 0 Å². The summed E-state index contributed by atoms with van der Waals surface area (Å²) in [7, 11) is 0. The van der Waals surface area contributed by atoms with Crippen molar-refractivity contribution in [3.63, 3.8) is 0 Å². The lowest BCUT2D eigenvalue weighted by Crippen LogP contribution is -2.28. The van der Waals surface area contributed by atoms with Crippen LogP contribution in [0.25, 0.3) is 0 Å². The molecule has 4 heteroatoms. The van der Waals surface area contributed by atoms with Crippen molar-refractivity contribution >= 4 is 15.9 Å². The molecule has 1 unspecified atom stereocenters. The van der Waals surface area contributed by atoms with E-state index in [9.17, 15) is 5.11 Å². The highest BCUT2D eigenvalue weighted by molar-refractivity contribution is 9.10. The second kappa shape index (κ2) is 6.38. The van der Waals surface area contributed by atoms with E-state index < -0.39 is 0 Å². The molecule has 1 aromatic carbocycles. The van der Waals surface area contributed by atoms with Crippen LogP contribution in [0.4, 0.5) is 0 Å². The molecule has 0 spiro atoms. The summed E-state index contributed by atoms with van der Waals surface area (Å²) >= 11 is 3.41. The Bertz CT molecular complexity index is 364. The Morgan fingerprint density at radius 3 is 3.12 bits per heavy atom. The standard InChI is InChI=1S/C13H18BrNO2/c14-12-3-4-13(16)11(6-12)8-15-7-10-2-1-5-17-9-10/h3-4,6,10,15-16H,1-2,5,7-9H2. The minimum Gasteiger partial charge on any atom is -0.508 e. The first-order chi connectivity index (χ1) is 8.25. The molecule has 0 radical (unpaired) electrons. The molecule has 0 saturated carbocycles. The third-order valence-electron chi connectivity index (χ3n) is 3.04. The maximum absolute atomic E-state index is 9.69. The molecule has 0 bridgehead atoms. The molecule has 0 aliphatic carbocycles. The van der Waals surface area contributed by atoms with E-state index in [4.69, 9.17) is 4.74 Å². The Labute approximate surface area is 110 Å². The predicted octanol–water partition coefficient (Wildman–Crippen LogP) is 2.67. The lowest BCUT2D eigenvalue weighted by molar-refractivity contribution is 0.0547. The zero-order chi connectivity index (χ0) is 12.1. The second-order valence-corrected chi connectivity index (χ2v) is 5.40. The number of benzene rings is 1. The van der Waals surface area contributed by atoms with Crippen LogP contribution >= 0.6 is 15.9 Å². The molecular weight excluding hydrogens is 282 g/mol. The largest absolute Gasteiger partial charge is 0.508 e. The summed E-state index contributed by atoms with van der Waals surface area (Å²) in [6.07, 6.45) is 2.39. The fourth-order valence-electron chi connectivity index (χ4n) is 2.08. The summed E-state index contributed by atoms with van der Waals surface area (Å²) in [6.45, 7) is 3.41. The summed E-state index contributed by atoms with van der Waals surface area (Å²) in [5.41, 5.74) is 0.927. The molecule has 1 heterocycles. The Balaban J connectivity index is 1.79.